The maximum Gasteiger partial charge on any atom is 0.221 e. The summed E-state index contributed by atoms with van der Waals surface area (Å²) in [6, 6.07) is 10.8. The van der Waals surface area contributed by atoms with Gasteiger partial charge in [0, 0.05) is 20.5 Å². The number of hydrogen-bond acceptors (Lipinski definition) is 1. The third kappa shape index (κ3) is 7.10. The maximum atomic E-state index is 10.4. The smallest absolute Gasteiger partial charge is 0.221 e. The second kappa shape index (κ2) is 9.69. The summed E-state index contributed by atoms with van der Waals surface area (Å²) in [5.41, 5.74) is 1.53. The third-order valence-corrected chi connectivity index (χ3v) is 2.65. The van der Waals surface area contributed by atoms with E-state index < -0.39 is 0 Å². The number of carbonyl (C=O) groups excluding carboxylic acids is 1. The van der Waals surface area contributed by atoms with Gasteiger partial charge in [0.1, 0.15) is 0 Å². The highest BCUT2D eigenvalue weighted by atomic mass is 16.2. The quantitative estimate of drug-likeness (QED) is 0.773. The molecule has 1 aromatic rings. The van der Waals surface area contributed by atoms with Gasteiger partial charge in [-0.2, -0.15) is 0 Å². The number of rotatable bonds is 2. The molecule has 0 aromatic heterocycles. The molecule has 1 aliphatic carbocycles. The van der Waals surface area contributed by atoms with Crippen molar-refractivity contribution in [2.45, 2.75) is 46.0 Å². The van der Waals surface area contributed by atoms with Gasteiger partial charge in [-0.25, -0.2) is 0 Å². The molecule has 1 amide bonds. The van der Waals surface area contributed by atoms with Gasteiger partial charge in [-0.05, 0) is 24.3 Å². The molecule has 1 saturated carbocycles. The Bertz CT molecular complexity index is 315. The van der Waals surface area contributed by atoms with Crippen LogP contribution in [0.25, 0.3) is 0 Å². The Morgan fingerprint density at radius 2 is 1.67 bits per heavy atom. The first-order valence-corrected chi connectivity index (χ1v) is 6.90. The zero-order valence-corrected chi connectivity index (χ0v) is 12.4. The summed E-state index contributed by atoms with van der Waals surface area (Å²) >= 11 is 0. The average Bonchev–Trinajstić information content (AvgIpc) is 3.26. The van der Waals surface area contributed by atoms with E-state index in [-0.39, 0.29) is 5.91 Å². The molecule has 0 saturated heterocycles. The first-order valence-electron chi connectivity index (χ1n) is 6.90. The van der Waals surface area contributed by atoms with Crippen molar-refractivity contribution in [3.8, 4) is 0 Å². The van der Waals surface area contributed by atoms with Gasteiger partial charge in [0.2, 0.25) is 5.91 Å². The van der Waals surface area contributed by atoms with Crippen LogP contribution in [0.1, 0.15) is 51.5 Å². The number of benzene rings is 1. The number of carbonyl (C=O) groups is 1. The van der Waals surface area contributed by atoms with E-state index in [0.717, 1.165) is 5.92 Å². The Balaban J connectivity index is 0.000000292. The van der Waals surface area contributed by atoms with E-state index in [1.165, 1.54) is 18.4 Å². The number of hydrogen-bond donors (Lipinski definition) is 0. The van der Waals surface area contributed by atoms with Crippen LogP contribution in [0.2, 0.25) is 0 Å². The molecule has 0 atom stereocenters. The molecule has 0 spiro atoms. The van der Waals surface area contributed by atoms with Crippen molar-refractivity contribution in [3.63, 3.8) is 0 Å². The third-order valence-electron chi connectivity index (χ3n) is 2.65. The van der Waals surface area contributed by atoms with E-state index in [0.29, 0.717) is 6.42 Å². The lowest BCUT2D eigenvalue weighted by Crippen LogP contribution is -2.19. The van der Waals surface area contributed by atoms with E-state index >= 15 is 0 Å². The summed E-state index contributed by atoms with van der Waals surface area (Å²) in [6.45, 7) is 5.85. The van der Waals surface area contributed by atoms with Crippen molar-refractivity contribution in [2.75, 3.05) is 14.1 Å². The van der Waals surface area contributed by atoms with Crippen LogP contribution in [0.4, 0.5) is 0 Å². The number of amides is 1. The Kier molecular flexibility index (Phi) is 8.99. The van der Waals surface area contributed by atoms with E-state index in [2.05, 4.69) is 30.3 Å². The van der Waals surface area contributed by atoms with Gasteiger partial charge in [-0.1, -0.05) is 51.1 Å². The zero-order chi connectivity index (χ0) is 14.0. The molecule has 102 valence electrons. The summed E-state index contributed by atoms with van der Waals surface area (Å²) in [5.74, 6) is 1.09. The lowest BCUT2D eigenvalue weighted by Gasteiger charge is -2.05. The molecule has 18 heavy (non-hydrogen) atoms. The highest BCUT2D eigenvalue weighted by Gasteiger charge is 2.22. The minimum absolute atomic E-state index is 0.181. The lowest BCUT2D eigenvalue weighted by atomic mass is 10.1. The van der Waals surface area contributed by atoms with E-state index in [1.54, 1.807) is 19.0 Å². The van der Waals surface area contributed by atoms with Crippen LogP contribution < -0.4 is 0 Å². The van der Waals surface area contributed by atoms with Gasteiger partial charge in [0.25, 0.3) is 0 Å². The van der Waals surface area contributed by atoms with E-state index in [1.807, 2.05) is 20.8 Å². The molecular formula is C16H27NO. The molecule has 0 bridgehead atoms. The van der Waals surface area contributed by atoms with Crippen molar-refractivity contribution < 1.29 is 4.79 Å². The van der Waals surface area contributed by atoms with Gasteiger partial charge in [0.05, 0.1) is 0 Å². The summed E-state index contributed by atoms with van der Waals surface area (Å²) in [6.07, 6.45) is 3.42. The Morgan fingerprint density at radius 1 is 1.17 bits per heavy atom. The molecule has 1 fully saturated rings. The molecule has 0 radical (unpaired) electrons. The fourth-order valence-corrected chi connectivity index (χ4v) is 1.46. The SMILES string of the molecule is CC.CCC(=O)N(C)C.c1ccc(C2CC2)cc1. The molecule has 2 heteroatoms. The van der Waals surface area contributed by atoms with Crippen molar-refractivity contribution in [3.05, 3.63) is 35.9 Å². The van der Waals surface area contributed by atoms with E-state index in [9.17, 15) is 4.79 Å². The molecule has 0 N–H and O–H groups in total. The molecule has 1 aliphatic rings. The van der Waals surface area contributed by atoms with Crippen LogP contribution in [-0.2, 0) is 4.79 Å². The highest BCUT2D eigenvalue weighted by molar-refractivity contribution is 5.75. The Hall–Kier alpha value is -1.31. The summed E-state index contributed by atoms with van der Waals surface area (Å²) in [4.78, 5) is 12.0. The van der Waals surface area contributed by atoms with Gasteiger partial charge in [-0.15, -0.1) is 0 Å². The zero-order valence-electron chi connectivity index (χ0n) is 12.4. The highest BCUT2D eigenvalue weighted by Crippen LogP contribution is 2.39. The summed E-state index contributed by atoms with van der Waals surface area (Å²) in [7, 11) is 3.51. The first-order chi connectivity index (χ1) is 8.65. The van der Waals surface area contributed by atoms with Crippen molar-refractivity contribution in [1.29, 1.82) is 0 Å². The molecular weight excluding hydrogens is 222 g/mol. The fourth-order valence-electron chi connectivity index (χ4n) is 1.46. The largest absolute Gasteiger partial charge is 0.349 e. The van der Waals surface area contributed by atoms with Crippen molar-refractivity contribution in [1.82, 2.24) is 4.90 Å². The second-order valence-electron chi connectivity index (χ2n) is 4.33. The maximum absolute atomic E-state index is 10.4. The second-order valence-corrected chi connectivity index (χ2v) is 4.33. The molecule has 0 heterocycles. The van der Waals surface area contributed by atoms with E-state index in [4.69, 9.17) is 0 Å². The lowest BCUT2D eigenvalue weighted by molar-refractivity contribution is -0.128. The van der Waals surface area contributed by atoms with Crippen LogP contribution in [0, 0.1) is 0 Å². The van der Waals surface area contributed by atoms with Gasteiger partial charge in [0.15, 0.2) is 0 Å². The molecule has 0 aliphatic heterocycles. The molecule has 2 nitrogen and oxygen atoms in total. The van der Waals surface area contributed by atoms with Gasteiger partial charge >= 0.3 is 0 Å². The van der Waals surface area contributed by atoms with Crippen molar-refractivity contribution in [2.24, 2.45) is 0 Å². The summed E-state index contributed by atoms with van der Waals surface area (Å²) < 4.78 is 0. The first kappa shape index (κ1) is 16.7. The predicted molar refractivity (Wildman–Crippen MR) is 78.8 cm³/mol. The van der Waals surface area contributed by atoms with Gasteiger partial charge < -0.3 is 4.90 Å². The average molecular weight is 249 g/mol. The standard InChI is InChI=1S/C9H10.C5H11NO.C2H6/c1-2-4-8(5-3-1)9-6-7-9;1-4-5(7)6(2)3;1-2/h1-5,9H,6-7H2;4H2,1-3H3;1-2H3. The molecule has 0 unspecified atom stereocenters. The van der Waals surface area contributed by atoms with Crippen LogP contribution >= 0.6 is 0 Å². The topological polar surface area (TPSA) is 20.3 Å². The van der Waals surface area contributed by atoms with Crippen LogP contribution in [0.3, 0.4) is 0 Å². The summed E-state index contributed by atoms with van der Waals surface area (Å²) in [5, 5.41) is 0. The van der Waals surface area contributed by atoms with Crippen LogP contribution in [0.15, 0.2) is 30.3 Å². The van der Waals surface area contributed by atoms with Gasteiger partial charge in [-0.3, -0.25) is 4.79 Å². The number of nitrogens with zero attached hydrogens (tertiary/aromatic N) is 1. The van der Waals surface area contributed by atoms with Crippen LogP contribution in [0.5, 0.6) is 0 Å². The molecule has 1 aromatic carbocycles. The molecule has 2 rings (SSSR count). The predicted octanol–water partition coefficient (Wildman–Crippen LogP) is 4.07. The normalized spacial score (nSPS) is 12.5. The minimum atomic E-state index is 0.181. The Morgan fingerprint density at radius 3 is 1.94 bits per heavy atom. The monoisotopic (exact) mass is 249 g/mol. The Labute approximate surface area is 112 Å². The van der Waals surface area contributed by atoms with Crippen molar-refractivity contribution >= 4 is 5.91 Å². The minimum Gasteiger partial charge on any atom is -0.349 e. The van der Waals surface area contributed by atoms with Crippen LogP contribution in [-0.4, -0.2) is 24.9 Å². The fraction of sp³-hybridized carbons (Fsp3) is 0.562.